The van der Waals surface area contributed by atoms with Gasteiger partial charge in [-0.1, -0.05) is 18.2 Å². The summed E-state index contributed by atoms with van der Waals surface area (Å²) in [7, 11) is -3.54. The number of esters is 1. The molecule has 8 heteroatoms. The van der Waals surface area contributed by atoms with Gasteiger partial charge in [0.1, 0.15) is 0 Å². The zero-order valence-corrected chi connectivity index (χ0v) is 19.7. The highest BCUT2D eigenvalue weighted by molar-refractivity contribution is 7.89. The van der Waals surface area contributed by atoms with Crippen molar-refractivity contribution < 1.29 is 22.7 Å². The molecule has 1 aliphatic carbocycles. The zero-order chi connectivity index (χ0) is 23.4. The first kappa shape index (κ1) is 23.4. The molecule has 7 nitrogen and oxygen atoms in total. The van der Waals surface area contributed by atoms with Gasteiger partial charge < -0.3 is 10.1 Å². The van der Waals surface area contributed by atoms with Crippen molar-refractivity contribution in [2.24, 2.45) is 0 Å². The number of aryl methyl sites for hydroxylation is 2. The number of fused-ring (bicyclic) bond motifs is 1. The van der Waals surface area contributed by atoms with Gasteiger partial charge in [-0.2, -0.15) is 4.31 Å². The van der Waals surface area contributed by atoms with Crippen LogP contribution in [0, 0.1) is 0 Å². The number of rotatable bonds is 7. The van der Waals surface area contributed by atoms with E-state index >= 15 is 0 Å². The van der Waals surface area contributed by atoms with Gasteiger partial charge in [0, 0.05) is 13.1 Å². The molecule has 1 N–H and O–H groups in total. The molecular weight excluding hydrogens is 440 g/mol. The summed E-state index contributed by atoms with van der Waals surface area (Å²) in [5.41, 5.74) is 3.97. The van der Waals surface area contributed by atoms with E-state index in [0.29, 0.717) is 13.1 Å². The normalized spacial score (nSPS) is 17.2. The van der Waals surface area contributed by atoms with Gasteiger partial charge >= 0.3 is 5.97 Å². The van der Waals surface area contributed by atoms with Crippen LogP contribution in [0.5, 0.6) is 0 Å². The molecule has 1 fully saturated rings. The maximum absolute atomic E-state index is 12.6. The topological polar surface area (TPSA) is 92.8 Å². The van der Waals surface area contributed by atoms with E-state index in [0.717, 1.165) is 31.2 Å². The first-order valence-corrected chi connectivity index (χ1v) is 13.0. The largest absolute Gasteiger partial charge is 0.452 e. The molecule has 1 aliphatic heterocycles. The van der Waals surface area contributed by atoms with Crippen molar-refractivity contribution in [3.8, 4) is 0 Å². The van der Waals surface area contributed by atoms with Crippen LogP contribution >= 0.6 is 0 Å². The Kier molecular flexibility index (Phi) is 7.14. The third-order valence-electron chi connectivity index (χ3n) is 6.38. The van der Waals surface area contributed by atoms with Crippen LogP contribution < -0.4 is 5.32 Å². The Morgan fingerprint density at radius 3 is 2.33 bits per heavy atom. The Labute approximate surface area is 195 Å². The van der Waals surface area contributed by atoms with Crippen molar-refractivity contribution in [3.05, 3.63) is 64.7 Å². The average Bonchev–Trinajstić information content (AvgIpc) is 3.38. The van der Waals surface area contributed by atoms with Crippen molar-refractivity contribution in [2.75, 3.05) is 19.7 Å². The molecular formula is C25H30N2O5S. The fourth-order valence-corrected chi connectivity index (χ4v) is 5.96. The standard InChI is InChI=1S/C25H30N2O5S/c1-18(21-9-8-19-6-2-3-7-22(19)16-21)26-24(28)17-32-25(29)20-10-12-23(13-11-20)33(30,31)27-14-4-5-15-27/h8-13,16,18H,2-7,14-15,17H2,1H3,(H,26,28). The predicted octanol–water partition coefficient (Wildman–Crippen LogP) is 3.38. The molecule has 2 aliphatic rings. The Morgan fingerprint density at radius 1 is 0.970 bits per heavy atom. The van der Waals surface area contributed by atoms with E-state index in [1.165, 1.54) is 52.5 Å². The summed E-state index contributed by atoms with van der Waals surface area (Å²) < 4.78 is 31.8. The van der Waals surface area contributed by atoms with Crippen LogP contribution in [0.3, 0.4) is 0 Å². The smallest absolute Gasteiger partial charge is 0.338 e. The van der Waals surface area contributed by atoms with E-state index in [1.807, 2.05) is 13.0 Å². The molecule has 0 spiro atoms. The number of amides is 1. The summed E-state index contributed by atoms with van der Waals surface area (Å²) in [5.74, 6) is -1.06. The summed E-state index contributed by atoms with van der Waals surface area (Å²) in [6.45, 7) is 2.54. The van der Waals surface area contributed by atoms with Crippen LogP contribution in [0.15, 0.2) is 47.4 Å². The highest BCUT2D eigenvalue weighted by Gasteiger charge is 2.27. The molecule has 0 bridgehead atoms. The van der Waals surface area contributed by atoms with Gasteiger partial charge in [-0.15, -0.1) is 0 Å². The molecule has 176 valence electrons. The first-order valence-electron chi connectivity index (χ1n) is 11.5. The number of nitrogens with one attached hydrogen (secondary N) is 1. The van der Waals surface area contributed by atoms with Crippen molar-refractivity contribution in [3.63, 3.8) is 0 Å². The molecule has 4 rings (SSSR count). The molecule has 0 aromatic heterocycles. The summed E-state index contributed by atoms with van der Waals surface area (Å²) in [6, 6.07) is 11.8. The lowest BCUT2D eigenvalue weighted by Crippen LogP contribution is -2.31. The molecule has 1 unspecified atom stereocenters. The SMILES string of the molecule is CC(NC(=O)COC(=O)c1ccc(S(=O)(=O)N2CCCC2)cc1)c1ccc2c(c1)CCCC2. The summed E-state index contributed by atoms with van der Waals surface area (Å²) in [5, 5.41) is 2.87. The molecule has 1 amide bonds. The van der Waals surface area contributed by atoms with Crippen molar-refractivity contribution in [1.82, 2.24) is 9.62 Å². The molecule has 1 heterocycles. The fourth-order valence-electron chi connectivity index (χ4n) is 4.44. The lowest BCUT2D eigenvalue weighted by Gasteiger charge is -2.20. The summed E-state index contributed by atoms with van der Waals surface area (Å²) in [4.78, 5) is 24.8. The van der Waals surface area contributed by atoms with E-state index in [4.69, 9.17) is 4.74 Å². The monoisotopic (exact) mass is 470 g/mol. The number of carbonyl (C=O) groups excluding carboxylic acids is 2. The van der Waals surface area contributed by atoms with Crippen molar-refractivity contribution in [2.45, 2.75) is 56.4 Å². The minimum Gasteiger partial charge on any atom is -0.452 e. The number of nitrogens with zero attached hydrogens (tertiary/aromatic N) is 1. The fraction of sp³-hybridized carbons (Fsp3) is 0.440. The first-order chi connectivity index (χ1) is 15.8. The minimum atomic E-state index is -3.54. The number of sulfonamides is 1. The highest BCUT2D eigenvalue weighted by Crippen LogP contribution is 2.25. The van der Waals surface area contributed by atoms with Gasteiger partial charge in [-0.05, 0) is 86.4 Å². The molecule has 0 saturated carbocycles. The van der Waals surface area contributed by atoms with Gasteiger partial charge in [0.2, 0.25) is 10.0 Å². The van der Waals surface area contributed by atoms with Crippen LogP contribution in [0.2, 0.25) is 0 Å². The second-order valence-electron chi connectivity index (χ2n) is 8.74. The van der Waals surface area contributed by atoms with Gasteiger partial charge in [0.25, 0.3) is 5.91 Å². The third-order valence-corrected chi connectivity index (χ3v) is 8.29. The van der Waals surface area contributed by atoms with E-state index in [9.17, 15) is 18.0 Å². The second-order valence-corrected chi connectivity index (χ2v) is 10.7. The van der Waals surface area contributed by atoms with Gasteiger partial charge in [0.05, 0.1) is 16.5 Å². The Bertz CT molecular complexity index is 1120. The predicted molar refractivity (Wildman–Crippen MR) is 124 cm³/mol. The van der Waals surface area contributed by atoms with Crippen LogP contribution in [-0.2, 0) is 32.4 Å². The summed E-state index contributed by atoms with van der Waals surface area (Å²) in [6.07, 6.45) is 6.31. The minimum absolute atomic E-state index is 0.151. The lowest BCUT2D eigenvalue weighted by molar-refractivity contribution is -0.124. The maximum atomic E-state index is 12.6. The van der Waals surface area contributed by atoms with Gasteiger partial charge in [-0.25, -0.2) is 13.2 Å². The van der Waals surface area contributed by atoms with Gasteiger partial charge in [-0.3, -0.25) is 4.79 Å². The molecule has 1 saturated heterocycles. The highest BCUT2D eigenvalue weighted by atomic mass is 32.2. The third kappa shape index (κ3) is 5.45. The maximum Gasteiger partial charge on any atom is 0.338 e. The van der Waals surface area contributed by atoms with Crippen LogP contribution in [0.25, 0.3) is 0 Å². The quantitative estimate of drug-likeness (QED) is 0.626. The Hall–Kier alpha value is -2.71. The van der Waals surface area contributed by atoms with Gasteiger partial charge in [0.15, 0.2) is 6.61 Å². The van der Waals surface area contributed by atoms with Crippen molar-refractivity contribution in [1.29, 1.82) is 0 Å². The van der Waals surface area contributed by atoms with E-state index < -0.39 is 22.6 Å². The zero-order valence-electron chi connectivity index (χ0n) is 18.9. The number of hydrogen-bond acceptors (Lipinski definition) is 5. The lowest BCUT2D eigenvalue weighted by atomic mass is 9.89. The summed E-state index contributed by atoms with van der Waals surface area (Å²) >= 11 is 0. The Morgan fingerprint density at radius 2 is 1.64 bits per heavy atom. The van der Waals surface area contributed by atoms with Crippen LogP contribution in [0.4, 0.5) is 0 Å². The van der Waals surface area contributed by atoms with E-state index in [2.05, 4.69) is 17.4 Å². The van der Waals surface area contributed by atoms with E-state index in [1.54, 1.807) is 0 Å². The molecule has 2 aromatic rings. The number of benzene rings is 2. The molecule has 33 heavy (non-hydrogen) atoms. The Balaban J connectivity index is 1.29. The number of hydrogen-bond donors (Lipinski definition) is 1. The van der Waals surface area contributed by atoms with Crippen molar-refractivity contribution >= 4 is 21.9 Å². The molecule has 1 atom stereocenters. The van der Waals surface area contributed by atoms with Crippen LogP contribution in [-0.4, -0.2) is 44.3 Å². The second kappa shape index (κ2) is 10.1. The molecule has 2 aromatic carbocycles. The van der Waals surface area contributed by atoms with E-state index in [-0.39, 0.29) is 22.4 Å². The number of carbonyl (C=O) groups is 2. The number of ether oxygens (including phenoxy) is 1. The molecule has 0 radical (unpaired) electrons. The average molecular weight is 471 g/mol. The van der Waals surface area contributed by atoms with Crippen LogP contribution in [0.1, 0.15) is 65.7 Å².